The van der Waals surface area contributed by atoms with Crippen molar-refractivity contribution < 1.29 is 4.79 Å². The van der Waals surface area contributed by atoms with E-state index in [-0.39, 0.29) is 11.9 Å². The number of likely N-dealkylation sites (tertiary alicyclic amines) is 1. The number of carbonyl (C=O) groups is 1. The molecule has 1 aliphatic heterocycles. The Morgan fingerprint density at radius 1 is 1.37 bits per heavy atom. The van der Waals surface area contributed by atoms with Crippen molar-refractivity contribution in [1.29, 1.82) is 0 Å². The Morgan fingerprint density at radius 2 is 2.05 bits per heavy atom. The van der Waals surface area contributed by atoms with Gasteiger partial charge in [-0.25, -0.2) is 0 Å². The van der Waals surface area contributed by atoms with Gasteiger partial charge in [0.2, 0.25) is 5.91 Å². The second-order valence-electron chi connectivity index (χ2n) is 6.50. The van der Waals surface area contributed by atoms with Crippen LogP contribution in [0.1, 0.15) is 40.5 Å². The summed E-state index contributed by atoms with van der Waals surface area (Å²) in [7, 11) is 2.16. The molecule has 0 aromatic heterocycles. The number of rotatable bonds is 6. The maximum Gasteiger partial charge on any atom is 0.236 e. The summed E-state index contributed by atoms with van der Waals surface area (Å²) in [5.41, 5.74) is 0. The summed E-state index contributed by atoms with van der Waals surface area (Å²) >= 11 is 0. The average Bonchev–Trinajstić information content (AvgIpc) is 2.32. The fourth-order valence-electron chi connectivity index (χ4n) is 2.64. The molecule has 0 spiro atoms. The number of nitrogens with zero attached hydrogens (tertiary/aromatic N) is 1. The molecule has 4 heteroatoms. The molecule has 2 N–H and O–H groups in total. The van der Waals surface area contributed by atoms with E-state index < -0.39 is 0 Å². The third-order valence-corrected chi connectivity index (χ3v) is 3.99. The molecule has 1 saturated heterocycles. The van der Waals surface area contributed by atoms with Gasteiger partial charge in [0, 0.05) is 19.1 Å². The molecular weight excluding hydrogens is 238 g/mol. The van der Waals surface area contributed by atoms with E-state index in [9.17, 15) is 4.79 Å². The summed E-state index contributed by atoms with van der Waals surface area (Å²) in [5, 5.41) is 6.50. The molecule has 0 aliphatic carbocycles. The molecule has 3 atom stereocenters. The Morgan fingerprint density at radius 3 is 2.63 bits per heavy atom. The SMILES string of the molecule is CC(C)CCNC(=O)C(C)NC1CCN(C)CC1C. The van der Waals surface area contributed by atoms with Gasteiger partial charge in [0.05, 0.1) is 6.04 Å². The predicted molar refractivity (Wildman–Crippen MR) is 80.1 cm³/mol. The first-order valence-corrected chi connectivity index (χ1v) is 7.62. The summed E-state index contributed by atoms with van der Waals surface area (Å²) < 4.78 is 0. The van der Waals surface area contributed by atoms with E-state index in [2.05, 4.69) is 43.4 Å². The van der Waals surface area contributed by atoms with Crippen molar-refractivity contribution >= 4 is 5.91 Å². The van der Waals surface area contributed by atoms with Crippen LogP contribution < -0.4 is 10.6 Å². The maximum atomic E-state index is 12.0. The minimum absolute atomic E-state index is 0.0944. The quantitative estimate of drug-likeness (QED) is 0.767. The van der Waals surface area contributed by atoms with E-state index in [1.165, 1.54) is 0 Å². The van der Waals surface area contributed by atoms with Crippen LogP contribution >= 0.6 is 0 Å². The highest BCUT2D eigenvalue weighted by molar-refractivity contribution is 5.81. The fraction of sp³-hybridized carbons (Fsp3) is 0.933. The van der Waals surface area contributed by atoms with E-state index >= 15 is 0 Å². The van der Waals surface area contributed by atoms with E-state index in [1.807, 2.05) is 6.92 Å². The number of hydrogen-bond donors (Lipinski definition) is 2. The molecule has 112 valence electrons. The molecule has 1 fully saturated rings. The van der Waals surface area contributed by atoms with Crippen LogP contribution in [0, 0.1) is 11.8 Å². The highest BCUT2D eigenvalue weighted by Crippen LogP contribution is 2.15. The van der Waals surface area contributed by atoms with Crippen LogP contribution in [-0.4, -0.2) is 49.6 Å². The third-order valence-electron chi connectivity index (χ3n) is 3.99. The van der Waals surface area contributed by atoms with Crippen molar-refractivity contribution in [1.82, 2.24) is 15.5 Å². The number of hydrogen-bond acceptors (Lipinski definition) is 3. The molecule has 4 nitrogen and oxygen atoms in total. The van der Waals surface area contributed by atoms with Crippen molar-refractivity contribution in [3.05, 3.63) is 0 Å². The van der Waals surface area contributed by atoms with Gasteiger partial charge < -0.3 is 15.5 Å². The summed E-state index contributed by atoms with van der Waals surface area (Å²) in [6.07, 6.45) is 2.17. The lowest BCUT2D eigenvalue weighted by atomic mass is 9.93. The second-order valence-corrected chi connectivity index (χ2v) is 6.50. The molecule has 1 heterocycles. The molecule has 0 aromatic rings. The van der Waals surface area contributed by atoms with Gasteiger partial charge in [0.25, 0.3) is 0 Å². The zero-order valence-corrected chi connectivity index (χ0v) is 13.2. The van der Waals surface area contributed by atoms with Crippen LogP contribution in [0.2, 0.25) is 0 Å². The third kappa shape index (κ3) is 5.91. The first-order chi connectivity index (χ1) is 8.90. The highest BCUT2D eigenvalue weighted by atomic mass is 16.2. The van der Waals surface area contributed by atoms with Crippen molar-refractivity contribution in [3.8, 4) is 0 Å². The smallest absolute Gasteiger partial charge is 0.236 e. The Hall–Kier alpha value is -0.610. The highest BCUT2D eigenvalue weighted by Gasteiger charge is 2.26. The minimum atomic E-state index is -0.0944. The Labute approximate surface area is 118 Å². The molecule has 0 aromatic carbocycles. The van der Waals surface area contributed by atoms with E-state index in [0.717, 1.165) is 32.5 Å². The zero-order chi connectivity index (χ0) is 14.4. The monoisotopic (exact) mass is 269 g/mol. The number of carbonyl (C=O) groups excluding carboxylic acids is 1. The fourth-order valence-corrected chi connectivity index (χ4v) is 2.64. The lowest BCUT2D eigenvalue weighted by molar-refractivity contribution is -0.123. The molecule has 0 bridgehead atoms. The Bertz CT molecular complexity index is 281. The van der Waals surface area contributed by atoms with Crippen molar-refractivity contribution in [3.63, 3.8) is 0 Å². The lowest BCUT2D eigenvalue weighted by Crippen LogP contribution is -2.53. The lowest BCUT2D eigenvalue weighted by Gasteiger charge is -2.36. The van der Waals surface area contributed by atoms with Gasteiger partial charge in [-0.1, -0.05) is 20.8 Å². The Kier molecular flexibility index (Phi) is 6.80. The van der Waals surface area contributed by atoms with Gasteiger partial charge in [-0.2, -0.15) is 0 Å². The van der Waals surface area contributed by atoms with Gasteiger partial charge in [-0.15, -0.1) is 0 Å². The van der Waals surface area contributed by atoms with Gasteiger partial charge in [0.1, 0.15) is 0 Å². The molecule has 3 unspecified atom stereocenters. The first kappa shape index (κ1) is 16.4. The summed E-state index contributed by atoms with van der Waals surface area (Å²) in [6.45, 7) is 11.6. The molecular formula is C15H31N3O. The van der Waals surface area contributed by atoms with E-state index in [4.69, 9.17) is 0 Å². The van der Waals surface area contributed by atoms with Crippen molar-refractivity contribution in [2.75, 3.05) is 26.7 Å². The molecule has 1 aliphatic rings. The average molecular weight is 269 g/mol. The number of nitrogens with one attached hydrogen (secondary N) is 2. The van der Waals surface area contributed by atoms with E-state index in [1.54, 1.807) is 0 Å². The van der Waals surface area contributed by atoms with Crippen LogP contribution in [0.15, 0.2) is 0 Å². The normalized spacial score (nSPS) is 26.4. The van der Waals surface area contributed by atoms with Crippen LogP contribution in [0.4, 0.5) is 0 Å². The Balaban J connectivity index is 2.29. The summed E-state index contributed by atoms with van der Waals surface area (Å²) in [6, 6.07) is 0.366. The molecule has 1 rings (SSSR count). The molecule has 0 saturated carbocycles. The van der Waals surface area contributed by atoms with Crippen LogP contribution in [0.5, 0.6) is 0 Å². The summed E-state index contributed by atoms with van der Waals surface area (Å²) in [5.74, 6) is 1.37. The van der Waals surface area contributed by atoms with Crippen molar-refractivity contribution in [2.24, 2.45) is 11.8 Å². The van der Waals surface area contributed by atoms with Crippen LogP contribution in [-0.2, 0) is 4.79 Å². The van der Waals surface area contributed by atoms with Gasteiger partial charge >= 0.3 is 0 Å². The van der Waals surface area contributed by atoms with Crippen molar-refractivity contribution in [2.45, 2.75) is 52.6 Å². The molecule has 0 radical (unpaired) electrons. The second kappa shape index (κ2) is 7.85. The standard InChI is InChI=1S/C15H31N3O/c1-11(2)6-8-16-15(19)13(4)17-14-7-9-18(5)10-12(14)3/h11-14,17H,6-10H2,1-5H3,(H,16,19). The largest absolute Gasteiger partial charge is 0.355 e. The van der Waals surface area contributed by atoms with Crippen LogP contribution in [0.3, 0.4) is 0 Å². The number of piperidine rings is 1. The minimum Gasteiger partial charge on any atom is -0.355 e. The van der Waals surface area contributed by atoms with E-state index in [0.29, 0.717) is 17.9 Å². The predicted octanol–water partition coefficient (Wildman–Crippen LogP) is 1.47. The zero-order valence-electron chi connectivity index (χ0n) is 13.2. The van der Waals surface area contributed by atoms with Gasteiger partial charge in [-0.3, -0.25) is 4.79 Å². The van der Waals surface area contributed by atoms with Gasteiger partial charge in [-0.05, 0) is 45.2 Å². The summed E-state index contributed by atoms with van der Waals surface area (Å²) in [4.78, 5) is 14.3. The number of amides is 1. The first-order valence-electron chi connectivity index (χ1n) is 7.62. The van der Waals surface area contributed by atoms with Crippen LogP contribution in [0.25, 0.3) is 0 Å². The van der Waals surface area contributed by atoms with Gasteiger partial charge in [0.15, 0.2) is 0 Å². The molecule has 1 amide bonds. The molecule has 19 heavy (non-hydrogen) atoms. The topological polar surface area (TPSA) is 44.4 Å². The maximum absolute atomic E-state index is 12.0.